The number of nitrogens with zero attached hydrogens (tertiary/aromatic N) is 4. The Labute approximate surface area is 147 Å². The highest BCUT2D eigenvalue weighted by Gasteiger charge is 2.26. The normalized spacial score (nSPS) is 23.0. The van der Waals surface area contributed by atoms with Gasteiger partial charge in [-0.3, -0.25) is 4.57 Å². The van der Waals surface area contributed by atoms with Crippen molar-refractivity contribution in [3.63, 3.8) is 0 Å². The molecule has 0 aliphatic carbocycles. The van der Waals surface area contributed by atoms with Crippen LogP contribution in [-0.2, 0) is 4.74 Å². The Hall–Kier alpha value is -2.12. The lowest BCUT2D eigenvalue weighted by Gasteiger charge is -2.39. The van der Waals surface area contributed by atoms with Crippen LogP contribution in [0, 0.1) is 0 Å². The van der Waals surface area contributed by atoms with Gasteiger partial charge in [0.15, 0.2) is 0 Å². The van der Waals surface area contributed by atoms with Gasteiger partial charge >= 0.3 is 5.69 Å². The van der Waals surface area contributed by atoms with E-state index in [9.17, 15) is 4.79 Å². The van der Waals surface area contributed by atoms with Crippen LogP contribution in [-0.4, -0.2) is 65.1 Å². The van der Waals surface area contributed by atoms with E-state index in [2.05, 4.69) is 50.3 Å². The molecule has 1 atom stereocenters. The molecule has 2 fully saturated rings. The summed E-state index contributed by atoms with van der Waals surface area (Å²) in [6.07, 6.45) is 3.82. The van der Waals surface area contributed by atoms with Crippen LogP contribution in [0.1, 0.15) is 18.9 Å². The van der Waals surface area contributed by atoms with E-state index in [0.29, 0.717) is 0 Å². The third kappa shape index (κ3) is 3.77. The van der Waals surface area contributed by atoms with Gasteiger partial charge in [-0.1, -0.05) is 18.2 Å². The minimum atomic E-state index is -0.104. The fraction of sp³-hybridized carbons (Fsp3) is 0.556. The number of para-hydroxylation sites is 1. The van der Waals surface area contributed by atoms with Crippen LogP contribution < -0.4 is 10.6 Å². The SMILES string of the molecule is O=c1[nH]ncn1C1CCN(CC2CN(c3ccccc3)CCO2)CC1. The minimum absolute atomic E-state index is 0.104. The summed E-state index contributed by atoms with van der Waals surface area (Å²) in [6.45, 7) is 5.61. The monoisotopic (exact) mass is 343 g/mol. The molecule has 134 valence electrons. The molecule has 0 saturated carbocycles. The first-order valence-corrected chi connectivity index (χ1v) is 9.05. The van der Waals surface area contributed by atoms with E-state index in [1.807, 2.05) is 0 Å². The second-order valence-electron chi connectivity index (χ2n) is 6.87. The Morgan fingerprint density at radius 3 is 2.68 bits per heavy atom. The lowest BCUT2D eigenvalue weighted by atomic mass is 10.0. The molecule has 2 aromatic rings. The number of likely N-dealkylation sites (tertiary alicyclic amines) is 1. The summed E-state index contributed by atoms with van der Waals surface area (Å²) in [5.74, 6) is 0. The van der Waals surface area contributed by atoms with Gasteiger partial charge < -0.3 is 14.5 Å². The number of nitrogens with one attached hydrogen (secondary N) is 1. The van der Waals surface area contributed by atoms with Crippen molar-refractivity contribution in [1.29, 1.82) is 0 Å². The average molecular weight is 343 g/mol. The number of H-pyrrole nitrogens is 1. The number of hydrogen-bond donors (Lipinski definition) is 1. The average Bonchev–Trinajstić information content (AvgIpc) is 3.09. The van der Waals surface area contributed by atoms with Crippen LogP contribution in [0.4, 0.5) is 5.69 Å². The van der Waals surface area contributed by atoms with Crippen molar-refractivity contribution in [2.75, 3.05) is 44.2 Å². The summed E-state index contributed by atoms with van der Waals surface area (Å²) in [4.78, 5) is 16.6. The zero-order valence-electron chi connectivity index (χ0n) is 14.4. The largest absolute Gasteiger partial charge is 0.373 e. The predicted octanol–water partition coefficient (Wildman–Crippen LogP) is 1.11. The van der Waals surface area contributed by atoms with Crippen LogP contribution in [0.3, 0.4) is 0 Å². The zero-order chi connectivity index (χ0) is 17.1. The summed E-state index contributed by atoms with van der Waals surface area (Å²) in [7, 11) is 0. The molecular weight excluding hydrogens is 318 g/mol. The van der Waals surface area contributed by atoms with Crippen molar-refractivity contribution in [3.8, 4) is 0 Å². The third-order valence-electron chi connectivity index (χ3n) is 5.25. The Morgan fingerprint density at radius 1 is 1.16 bits per heavy atom. The molecule has 1 N–H and O–H groups in total. The number of morpholine rings is 1. The smallest absolute Gasteiger partial charge is 0.343 e. The maximum Gasteiger partial charge on any atom is 0.343 e. The first-order chi connectivity index (χ1) is 12.3. The maximum atomic E-state index is 11.7. The quantitative estimate of drug-likeness (QED) is 0.901. The standard InChI is InChI=1S/C18H25N5O2/c24-18-20-19-14-23(18)16-6-8-21(9-7-16)12-17-13-22(10-11-25-17)15-4-2-1-3-5-15/h1-5,14,16-17H,6-13H2,(H,20,24). The van der Waals surface area contributed by atoms with Gasteiger partial charge in [0.1, 0.15) is 6.33 Å². The molecule has 0 amide bonds. The van der Waals surface area contributed by atoms with E-state index < -0.39 is 0 Å². The number of ether oxygens (including phenoxy) is 1. The number of benzene rings is 1. The van der Waals surface area contributed by atoms with E-state index >= 15 is 0 Å². The van der Waals surface area contributed by atoms with Crippen molar-refractivity contribution in [2.24, 2.45) is 0 Å². The Balaban J connectivity index is 1.30. The van der Waals surface area contributed by atoms with Crippen molar-refractivity contribution in [2.45, 2.75) is 25.0 Å². The zero-order valence-corrected chi connectivity index (χ0v) is 14.4. The summed E-state index contributed by atoms with van der Waals surface area (Å²) >= 11 is 0. The Kier molecular flexibility index (Phi) is 4.85. The highest BCUT2D eigenvalue weighted by molar-refractivity contribution is 5.46. The van der Waals surface area contributed by atoms with Gasteiger partial charge in [-0.25, -0.2) is 9.89 Å². The number of anilines is 1. The third-order valence-corrected chi connectivity index (χ3v) is 5.25. The Bertz CT molecular complexity index is 720. The van der Waals surface area contributed by atoms with Gasteiger partial charge in [-0.2, -0.15) is 5.10 Å². The number of hydrogen-bond acceptors (Lipinski definition) is 5. The molecule has 2 aliphatic heterocycles. The van der Waals surface area contributed by atoms with Gasteiger partial charge in [0.25, 0.3) is 0 Å². The molecule has 2 aliphatic rings. The van der Waals surface area contributed by atoms with E-state index in [4.69, 9.17) is 4.74 Å². The summed E-state index contributed by atoms with van der Waals surface area (Å²) < 4.78 is 7.72. The van der Waals surface area contributed by atoms with Gasteiger partial charge in [-0.05, 0) is 25.0 Å². The van der Waals surface area contributed by atoms with Gasteiger partial charge in [-0.15, -0.1) is 0 Å². The lowest BCUT2D eigenvalue weighted by molar-refractivity contribution is 0.00913. The fourth-order valence-corrected chi connectivity index (χ4v) is 3.89. The fourth-order valence-electron chi connectivity index (χ4n) is 3.89. The van der Waals surface area contributed by atoms with Crippen LogP contribution >= 0.6 is 0 Å². The predicted molar refractivity (Wildman–Crippen MR) is 96.0 cm³/mol. The molecule has 7 heteroatoms. The maximum absolute atomic E-state index is 11.7. The minimum Gasteiger partial charge on any atom is -0.373 e. The second-order valence-corrected chi connectivity index (χ2v) is 6.87. The van der Waals surface area contributed by atoms with Crippen LogP contribution in [0.2, 0.25) is 0 Å². The molecule has 25 heavy (non-hydrogen) atoms. The second kappa shape index (κ2) is 7.41. The lowest BCUT2D eigenvalue weighted by Crippen LogP contribution is -2.49. The van der Waals surface area contributed by atoms with Gasteiger partial charge in [0, 0.05) is 44.5 Å². The summed E-state index contributed by atoms with van der Waals surface area (Å²) in [5.41, 5.74) is 1.17. The number of aromatic amines is 1. The Morgan fingerprint density at radius 2 is 1.96 bits per heavy atom. The van der Waals surface area contributed by atoms with E-state index in [1.165, 1.54) is 5.69 Å². The van der Waals surface area contributed by atoms with Crippen LogP contribution in [0.15, 0.2) is 41.5 Å². The highest BCUT2D eigenvalue weighted by atomic mass is 16.5. The van der Waals surface area contributed by atoms with Crippen molar-refractivity contribution in [1.82, 2.24) is 19.7 Å². The highest BCUT2D eigenvalue weighted by Crippen LogP contribution is 2.22. The van der Waals surface area contributed by atoms with Crippen molar-refractivity contribution >= 4 is 5.69 Å². The topological polar surface area (TPSA) is 66.4 Å². The first kappa shape index (κ1) is 16.4. The summed E-state index contributed by atoms with van der Waals surface area (Å²) in [5, 5.41) is 6.31. The molecule has 4 rings (SSSR count). The van der Waals surface area contributed by atoms with E-state index in [-0.39, 0.29) is 17.8 Å². The van der Waals surface area contributed by atoms with E-state index in [1.54, 1.807) is 10.9 Å². The van der Waals surface area contributed by atoms with Crippen molar-refractivity contribution in [3.05, 3.63) is 47.1 Å². The summed E-state index contributed by atoms with van der Waals surface area (Å²) in [6, 6.07) is 10.8. The van der Waals surface area contributed by atoms with E-state index in [0.717, 1.165) is 52.2 Å². The molecule has 2 saturated heterocycles. The molecule has 3 heterocycles. The number of rotatable bonds is 4. The molecule has 0 radical (unpaired) electrons. The molecule has 1 aromatic carbocycles. The number of piperidine rings is 1. The molecule has 0 spiro atoms. The van der Waals surface area contributed by atoms with Crippen LogP contribution in [0.5, 0.6) is 0 Å². The molecule has 7 nitrogen and oxygen atoms in total. The first-order valence-electron chi connectivity index (χ1n) is 9.05. The van der Waals surface area contributed by atoms with Gasteiger partial charge in [0.2, 0.25) is 0 Å². The molecule has 1 unspecified atom stereocenters. The molecular formula is C18H25N5O2. The van der Waals surface area contributed by atoms with Crippen molar-refractivity contribution < 1.29 is 4.74 Å². The van der Waals surface area contributed by atoms with Crippen LogP contribution in [0.25, 0.3) is 0 Å². The molecule has 0 bridgehead atoms. The molecule has 1 aromatic heterocycles. The van der Waals surface area contributed by atoms with Gasteiger partial charge in [0.05, 0.1) is 12.7 Å². The number of aromatic nitrogens is 3.